The molecule has 2 aromatic carbocycles. The molecule has 0 fully saturated rings. The van der Waals surface area contributed by atoms with Crippen molar-refractivity contribution in [2.75, 3.05) is 13.7 Å². The number of fused-ring (bicyclic) bond motifs is 1. The fraction of sp³-hybridized carbons (Fsp3) is 0.238. The molecule has 0 saturated heterocycles. The quantitative estimate of drug-likeness (QED) is 0.648. The third-order valence-electron chi connectivity index (χ3n) is 4.11. The Kier molecular flexibility index (Phi) is 4.70. The van der Waals surface area contributed by atoms with Crippen molar-refractivity contribution in [3.05, 3.63) is 59.2 Å². The highest BCUT2D eigenvalue weighted by atomic mass is 16.5. The molecule has 0 aliphatic rings. The third kappa shape index (κ3) is 3.33. The number of rotatable bonds is 4. The van der Waals surface area contributed by atoms with E-state index in [9.17, 15) is 4.79 Å². The molecular weight excluding hydrogens is 314 g/mol. The van der Waals surface area contributed by atoms with Crippen LogP contribution in [0.25, 0.3) is 22.2 Å². The van der Waals surface area contributed by atoms with E-state index >= 15 is 0 Å². The summed E-state index contributed by atoms with van der Waals surface area (Å²) in [6.45, 7) is 6.16. The molecule has 25 heavy (non-hydrogen) atoms. The molecular formula is C21H21NO3. The second-order valence-electron chi connectivity index (χ2n) is 5.99. The molecule has 0 aliphatic heterocycles. The first-order valence-corrected chi connectivity index (χ1v) is 8.27. The zero-order valence-electron chi connectivity index (χ0n) is 14.9. The highest BCUT2D eigenvalue weighted by Gasteiger charge is 2.16. The largest absolute Gasteiger partial charge is 0.497 e. The predicted molar refractivity (Wildman–Crippen MR) is 99.2 cm³/mol. The Morgan fingerprint density at radius 3 is 2.64 bits per heavy atom. The van der Waals surface area contributed by atoms with Crippen LogP contribution in [0.2, 0.25) is 0 Å². The van der Waals surface area contributed by atoms with Crippen molar-refractivity contribution in [1.29, 1.82) is 0 Å². The lowest BCUT2D eigenvalue weighted by molar-refractivity contribution is 0.0528. The van der Waals surface area contributed by atoms with Crippen molar-refractivity contribution in [1.82, 2.24) is 4.98 Å². The molecule has 0 saturated carbocycles. The molecule has 0 aliphatic carbocycles. The first-order valence-electron chi connectivity index (χ1n) is 8.27. The lowest BCUT2D eigenvalue weighted by Crippen LogP contribution is -2.07. The first kappa shape index (κ1) is 17.0. The zero-order valence-corrected chi connectivity index (χ0v) is 14.9. The van der Waals surface area contributed by atoms with Crippen molar-refractivity contribution in [2.24, 2.45) is 0 Å². The molecule has 0 N–H and O–H groups in total. The maximum atomic E-state index is 12.5. The van der Waals surface area contributed by atoms with Gasteiger partial charge in [0.05, 0.1) is 30.5 Å². The summed E-state index contributed by atoms with van der Waals surface area (Å²) in [5.41, 5.74) is 5.09. The molecule has 3 aromatic rings. The standard InChI is InChI=1S/C21H21NO3/c1-5-25-21(23)18-12-19(15-7-6-8-16(11-15)24-4)22-20-14(3)9-13(2)10-17(18)20/h6-12H,5H2,1-4H3. The van der Waals surface area contributed by atoms with E-state index in [0.29, 0.717) is 12.2 Å². The van der Waals surface area contributed by atoms with Crippen LogP contribution in [0.3, 0.4) is 0 Å². The summed E-state index contributed by atoms with van der Waals surface area (Å²) >= 11 is 0. The summed E-state index contributed by atoms with van der Waals surface area (Å²) in [5.74, 6) is 0.418. The van der Waals surface area contributed by atoms with Crippen LogP contribution >= 0.6 is 0 Å². The second kappa shape index (κ2) is 6.93. The van der Waals surface area contributed by atoms with E-state index in [1.807, 2.05) is 44.2 Å². The molecule has 0 unspecified atom stereocenters. The van der Waals surface area contributed by atoms with E-state index in [2.05, 4.69) is 6.07 Å². The summed E-state index contributed by atoms with van der Waals surface area (Å²) in [6, 6.07) is 13.5. The Morgan fingerprint density at radius 1 is 1.12 bits per heavy atom. The van der Waals surface area contributed by atoms with Crippen LogP contribution in [0.1, 0.15) is 28.4 Å². The SMILES string of the molecule is CCOC(=O)c1cc(-c2cccc(OC)c2)nc2c(C)cc(C)cc12. The second-order valence-corrected chi connectivity index (χ2v) is 5.99. The molecule has 0 amide bonds. The van der Waals surface area contributed by atoms with Gasteiger partial charge in [-0.25, -0.2) is 9.78 Å². The van der Waals surface area contributed by atoms with Crippen LogP contribution in [0.5, 0.6) is 5.75 Å². The molecule has 0 radical (unpaired) electrons. The molecule has 0 spiro atoms. The Balaban J connectivity index is 2.28. The Labute approximate surface area is 147 Å². The van der Waals surface area contributed by atoms with Gasteiger partial charge in [-0.2, -0.15) is 0 Å². The summed E-state index contributed by atoms with van der Waals surface area (Å²) < 4.78 is 10.6. The number of ether oxygens (including phenoxy) is 2. The van der Waals surface area contributed by atoms with Crippen molar-refractivity contribution in [2.45, 2.75) is 20.8 Å². The summed E-state index contributed by atoms with van der Waals surface area (Å²) in [5, 5.41) is 0.822. The number of pyridine rings is 1. The highest BCUT2D eigenvalue weighted by Crippen LogP contribution is 2.29. The van der Waals surface area contributed by atoms with E-state index in [1.54, 1.807) is 20.1 Å². The fourth-order valence-corrected chi connectivity index (χ4v) is 2.99. The smallest absolute Gasteiger partial charge is 0.338 e. The Bertz CT molecular complexity index is 947. The maximum absolute atomic E-state index is 12.5. The first-order chi connectivity index (χ1) is 12.0. The predicted octanol–water partition coefficient (Wildman–Crippen LogP) is 4.70. The number of benzene rings is 2. The van der Waals surface area contributed by atoms with E-state index in [1.165, 1.54) is 0 Å². The molecule has 1 aromatic heterocycles. The number of aromatic nitrogens is 1. The van der Waals surface area contributed by atoms with Crippen LogP contribution in [-0.4, -0.2) is 24.7 Å². The summed E-state index contributed by atoms with van der Waals surface area (Å²) in [6.07, 6.45) is 0. The van der Waals surface area contributed by atoms with Crippen LogP contribution in [0.15, 0.2) is 42.5 Å². The van der Waals surface area contributed by atoms with Gasteiger partial charge in [0.2, 0.25) is 0 Å². The van der Waals surface area contributed by atoms with Crippen LogP contribution < -0.4 is 4.74 Å². The van der Waals surface area contributed by atoms with E-state index in [0.717, 1.165) is 39.0 Å². The van der Waals surface area contributed by atoms with Gasteiger partial charge in [-0.15, -0.1) is 0 Å². The van der Waals surface area contributed by atoms with Gasteiger partial charge in [0.15, 0.2) is 0 Å². The number of carbonyl (C=O) groups excluding carboxylic acids is 1. The van der Waals surface area contributed by atoms with Gasteiger partial charge in [0.25, 0.3) is 0 Å². The number of methoxy groups -OCH3 is 1. The van der Waals surface area contributed by atoms with Gasteiger partial charge in [-0.1, -0.05) is 23.8 Å². The monoisotopic (exact) mass is 335 g/mol. The number of hydrogen-bond acceptors (Lipinski definition) is 4. The van der Waals surface area contributed by atoms with Gasteiger partial charge in [-0.3, -0.25) is 0 Å². The molecule has 0 bridgehead atoms. The molecule has 3 rings (SSSR count). The molecule has 0 atom stereocenters. The summed E-state index contributed by atoms with van der Waals surface area (Å²) in [7, 11) is 1.63. The van der Waals surface area contributed by atoms with Gasteiger partial charge >= 0.3 is 5.97 Å². The normalized spacial score (nSPS) is 10.7. The third-order valence-corrected chi connectivity index (χ3v) is 4.11. The van der Waals surface area contributed by atoms with Crippen LogP contribution in [-0.2, 0) is 4.74 Å². The van der Waals surface area contributed by atoms with Gasteiger partial charge < -0.3 is 9.47 Å². The van der Waals surface area contributed by atoms with E-state index in [4.69, 9.17) is 14.5 Å². The van der Waals surface area contributed by atoms with E-state index in [-0.39, 0.29) is 5.97 Å². The molecule has 128 valence electrons. The highest BCUT2D eigenvalue weighted by molar-refractivity contribution is 6.05. The molecule has 4 nitrogen and oxygen atoms in total. The van der Waals surface area contributed by atoms with Crippen LogP contribution in [0, 0.1) is 13.8 Å². The van der Waals surface area contributed by atoms with Gasteiger partial charge in [-0.05, 0) is 50.6 Å². The number of nitrogens with zero attached hydrogens (tertiary/aromatic N) is 1. The average molecular weight is 335 g/mol. The number of hydrogen-bond donors (Lipinski definition) is 0. The Hall–Kier alpha value is -2.88. The van der Waals surface area contributed by atoms with Crippen molar-refractivity contribution < 1.29 is 14.3 Å². The number of aryl methyl sites for hydroxylation is 2. The lowest BCUT2D eigenvalue weighted by atomic mass is 10.00. The molecule has 1 heterocycles. The topological polar surface area (TPSA) is 48.4 Å². The fourth-order valence-electron chi connectivity index (χ4n) is 2.99. The van der Waals surface area contributed by atoms with Crippen molar-refractivity contribution >= 4 is 16.9 Å². The summed E-state index contributed by atoms with van der Waals surface area (Å²) in [4.78, 5) is 17.3. The lowest BCUT2D eigenvalue weighted by Gasteiger charge is -2.12. The molecule has 4 heteroatoms. The van der Waals surface area contributed by atoms with Gasteiger partial charge in [0.1, 0.15) is 5.75 Å². The van der Waals surface area contributed by atoms with E-state index < -0.39 is 0 Å². The number of esters is 1. The number of carbonyl (C=O) groups is 1. The minimum Gasteiger partial charge on any atom is -0.497 e. The van der Waals surface area contributed by atoms with Gasteiger partial charge in [0, 0.05) is 10.9 Å². The van der Waals surface area contributed by atoms with Crippen molar-refractivity contribution in [3.63, 3.8) is 0 Å². The van der Waals surface area contributed by atoms with Crippen molar-refractivity contribution in [3.8, 4) is 17.0 Å². The maximum Gasteiger partial charge on any atom is 0.338 e. The Morgan fingerprint density at radius 2 is 1.92 bits per heavy atom. The van der Waals surface area contributed by atoms with Crippen LogP contribution in [0.4, 0.5) is 0 Å². The minimum atomic E-state index is -0.330. The minimum absolute atomic E-state index is 0.330. The zero-order chi connectivity index (χ0) is 18.0. The average Bonchev–Trinajstić information content (AvgIpc) is 2.61.